The van der Waals surface area contributed by atoms with Crippen LogP contribution in [0.3, 0.4) is 0 Å². The van der Waals surface area contributed by atoms with Gasteiger partial charge in [0.25, 0.3) is 0 Å². The second-order valence-corrected chi connectivity index (χ2v) is 3.79. The summed E-state index contributed by atoms with van der Waals surface area (Å²) < 4.78 is 5.28. The van der Waals surface area contributed by atoms with E-state index in [4.69, 9.17) is 4.74 Å². The molecule has 14 heavy (non-hydrogen) atoms. The molecule has 0 aromatic rings. The lowest BCUT2D eigenvalue weighted by Crippen LogP contribution is -2.37. The van der Waals surface area contributed by atoms with Crippen molar-refractivity contribution in [2.45, 2.75) is 25.8 Å². The Morgan fingerprint density at radius 2 is 2.29 bits per heavy atom. The number of Topliss-reactive ketones (excluding diaryl/α,β-unsaturated/α-hetero) is 1. The number of carbonyl (C=O) groups is 1. The largest absolute Gasteiger partial charge is 0.379 e. The number of hydrogen-bond acceptors (Lipinski definition) is 3. The van der Waals surface area contributed by atoms with E-state index in [9.17, 15) is 4.79 Å². The molecule has 1 heterocycles. The number of likely N-dealkylation sites (N-methyl/N-ethyl adjacent to an activating group) is 1. The van der Waals surface area contributed by atoms with Gasteiger partial charge >= 0.3 is 0 Å². The molecule has 0 saturated carbocycles. The van der Waals surface area contributed by atoms with Crippen LogP contribution in [0.4, 0.5) is 0 Å². The van der Waals surface area contributed by atoms with Crippen LogP contribution in [0.15, 0.2) is 12.2 Å². The quantitative estimate of drug-likeness (QED) is 0.672. The second-order valence-electron chi connectivity index (χ2n) is 3.79. The Labute approximate surface area is 85.5 Å². The summed E-state index contributed by atoms with van der Waals surface area (Å²) in [6.45, 7) is 7.08. The van der Waals surface area contributed by atoms with Crippen molar-refractivity contribution in [3.63, 3.8) is 0 Å². The van der Waals surface area contributed by atoms with E-state index >= 15 is 0 Å². The third kappa shape index (κ3) is 2.66. The smallest absolute Gasteiger partial charge is 0.143 e. The Kier molecular flexibility index (Phi) is 4.29. The first-order chi connectivity index (χ1) is 6.69. The first-order valence-corrected chi connectivity index (χ1v) is 5.13. The summed E-state index contributed by atoms with van der Waals surface area (Å²) in [6, 6.07) is 0.187. The van der Waals surface area contributed by atoms with E-state index in [0.29, 0.717) is 19.6 Å². The minimum atomic E-state index is 0.0169. The standard InChI is InChI=1S/C11H19NO2/c1-4-8(2)5-11(13)9-6-14-7-10(9)12-3/h9-10,12H,2,4-7H2,1,3H3. The highest BCUT2D eigenvalue weighted by molar-refractivity contribution is 5.84. The van der Waals surface area contributed by atoms with E-state index in [0.717, 1.165) is 12.0 Å². The molecule has 2 unspecified atom stereocenters. The van der Waals surface area contributed by atoms with E-state index in [2.05, 4.69) is 11.9 Å². The van der Waals surface area contributed by atoms with Crippen molar-refractivity contribution in [2.24, 2.45) is 5.92 Å². The molecule has 80 valence electrons. The molecule has 2 atom stereocenters. The van der Waals surface area contributed by atoms with Gasteiger partial charge in [-0.2, -0.15) is 0 Å². The molecule has 1 fully saturated rings. The maximum atomic E-state index is 11.8. The fraction of sp³-hybridized carbons (Fsp3) is 0.727. The van der Waals surface area contributed by atoms with Crippen LogP contribution < -0.4 is 5.32 Å². The topological polar surface area (TPSA) is 38.3 Å². The number of ether oxygens (including phenoxy) is 1. The average Bonchev–Trinajstić information content (AvgIpc) is 2.65. The van der Waals surface area contributed by atoms with Crippen molar-refractivity contribution in [2.75, 3.05) is 20.3 Å². The second kappa shape index (κ2) is 5.27. The molecule has 0 aliphatic carbocycles. The maximum absolute atomic E-state index is 11.8. The minimum Gasteiger partial charge on any atom is -0.379 e. The highest BCUT2D eigenvalue weighted by atomic mass is 16.5. The lowest BCUT2D eigenvalue weighted by molar-refractivity contribution is -0.122. The molecule has 0 radical (unpaired) electrons. The molecule has 1 saturated heterocycles. The Morgan fingerprint density at radius 1 is 1.57 bits per heavy atom. The Morgan fingerprint density at radius 3 is 2.86 bits per heavy atom. The minimum absolute atomic E-state index is 0.0169. The molecule has 0 amide bonds. The molecular weight excluding hydrogens is 178 g/mol. The highest BCUT2D eigenvalue weighted by Gasteiger charge is 2.32. The van der Waals surface area contributed by atoms with Gasteiger partial charge in [-0.25, -0.2) is 0 Å². The molecule has 0 aromatic carbocycles. The fourth-order valence-corrected chi connectivity index (χ4v) is 1.66. The zero-order valence-corrected chi connectivity index (χ0v) is 9.01. The molecule has 0 spiro atoms. The summed E-state index contributed by atoms with van der Waals surface area (Å²) in [5, 5.41) is 3.11. The first kappa shape index (κ1) is 11.4. The van der Waals surface area contributed by atoms with Crippen molar-refractivity contribution in [1.29, 1.82) is 0 Å². The van der Waals surface area contributed by atoms with Crippen LogP contribution >= 0.6 is 0 Å². The van der Waals surface area contributed by atoms with Crippen molar-refractivity contribution < 1.29 is 9.53 Å². The number of ketones is 1. The van der Waals surface area contributed by atoms with E-state index < -0.39 is 0 Å². The third-order valence-corrected chi connectivity index (χ3v) is 2.79. The van der Waals surface area contributed by atoms with Gasteiger partial charge in [-0.3, -0.25) is 4.79 Å². The predicted molar refractivity (Wildman–Crippen MR) is 56.2 cm³/mol. The Hall–Kier alpha value is -0.670. The van der Waals surface area contributed by atoms with E-state index in [1.807, 2.05) is 14.0 Å². The van der Waals surface area contributed by atoms with Gasteiger partial charge in [0, 0.05) is 12.5 Å². The van der Waals surface area contributed by atoms with Gasteiger partial charge < -0.3 is 10.1 Å². The molecule has 1 rings (SSSR count). The molecule has 3 nitrogen and oxygen atoms in total. The van der Waals surface area contributed by atoms with Crippen LogP contribution in [-0.2, 0) is 9.53 Å². The maximum Gasteiger partial charge on any atom is 0.143 e. The summed E-state index contributed by atoms with van der Waals surface area (Å²) in [7, 11) is 1.87. The molecule has 1 N–H and O–H groups in total. The molecule has 1 aliphatic rings. The average molecular weight is 197 g/mol. The summed E-state index contributed by atoms with van der Waals surface area (Å²) in [5.74, 6) is 0.275. The van der Waals surface area contributed by atoms with Crippen molar-refractivity contribution in [3.8, 4) is 0 Å². The lowest BCUT2D eigenvalue weighted by Gasteiger charge is -2.15. The van der Waals surface area contributed by atoms with Crippen LogP contribution in [0.1, 0.15) is 19.8 Å². The van der Waals surface area contributed by atoms with Crippen molar-refractivity contribution in [1.82, 2.24) is 5.32 Å². The zero-order chi connectivity index (χ0) is 10.6. The van der Waals surface area contributed by atoms with Crippen LogP contribution in [-0.4, -0.2) is 32.1 Å². The highest BCUT2D eigenvalue weighted by Crippen LogP contribution is 2.18. The van der Waals surface area contributed by atoms with E-state index in [-0.39, 0.29) is 17.7 Å². The Bertz CT molecular complexity index is 225. The van der Waals surface area contributed by atoms with Crippen molar-refractivity contribution >= 4 is 5.78 Å². The van der Waals surface area contributed by atoms with Crippen LogP contribution in [0.2, 0.25) is 0 Å². The normalized spacial score (nSPS) is 26.4. The lowest BCUT2D eigenvalue weighted by atomic mass is 9.93. The zero-order valence-electron chi connectivity index (χ0n) is 9.01. The number of carbonyl (C=O) groups excluding carboxylic acids is 1. The fourth-order valence-electron chi connectivity index (χ4n) is 1.66. The van der Waals surface area contributed by atoms with Gasteiger partial charge in [0.15, 0.2) is 0 Å². The number of rotatable bonds is 5. The van der Waals surface area contributed by atoms with Gasteiger partial charge in [0.05, 0.1) is 19.1 Å². The van der Waals surface area contributed by atoms with Gasteiger partial charge in [-0.15, -0.1) is 0 Å². The number of nitrogens with one attached hydrogen (secondary N) is 1. The van der Waals surface area contributed by atoms with Gasteiger partial charge in [0.1, 0.15) is 5.78 Å². The number of hydrogen-bond donors (Lipinski definition) is 1. The summed E-state index contributed by atoms with van der Waals surface area (Å²) >= 11 is 0. The number of allylic oxidation sites excluding steroid dienone is 1. The SMILES string of the molecule is C=C(CC)CC(=O)C1COCC1NC. The van der Waals surface area contributed by atoms with E-state index in [1.165, 1.54) is 0 Å². The predicted octanol–water partition coefficient (Wildman–Crippen LogP) is 1.15. The van der Waals surface area contributed by atoms with Gasteiger partial charge in [-0.1, -0.05) is 19.1 Å². The molecule has 0 bridgehead atoms. The van der Waals surface area contributed by atoms with Crippen LogP contribution in [0.25, 0.3) is 0 Å². The first-order valence-electron chi connectivity index (χ1n) is 5.13. The van der Waals surface area contributed by atoms with Gasteiger partial charge in [0.2, 0.25) is 0 Å². The van der Waals surface area contributed by atoms with E-state index in [1.54, 1.807) is 0 Å². The summed E-state index contributed by atoms with van der Waals surface area (Å²) in [6.07, 6.45) is 1.38. The van der Waals surface area contributed by atoms with Crippen LogP contribution in [0, 0.1) is 5.92 Å². The molecule has 1 aliphatic heterocycles. The van der Waals surface area contributed by atoms with Crippen LogP contribution in [0.5, 0.6) is 0 Å². The molecule has 3 heteroatoms. The summed E-state index contributed by atoms with van der Waals surface area (Å²) in [5.41, 5.74) is 1.01. The third-order valence-electron chi connectivity index (χ3n) is 2.79. The molecule has 0 aromatic heterocycles. The monoisotopic (exact) mass is 197 g/mol. The summed E-state index contributed by atoms with van der Waals surface area (Å²) in [4.78, 5) is 11.8. The molecular formula is C11H19NO2. The van der Waals surface area contributed by atoms with Gasteiger partial charge in [-0.05, 0) is 13.5 Å². The Balaban J connectivity index is 2.47. The van der Waals surface area contributed by atoms with Crippen molar-refractivity contribution in [3.05, 3.63) is 12.2 Å².